The van der Waals surface area contributed by atoms with E-state index >= 15 is 0 Å². The van der Waals surface area contributed by atoms with Crippen molar-refractivity contribution >= 4 is 12.0 Å². The van der Waals surface area contributed by atoms with Gasteiger partial charge in [-0.25, -0.2) is 14.8 Å². The number of amides is 2. The van der Waals surface area contributed by atoms with Crippen LogP contribution in [0.4, 0.5) is 10.7 Å². The van der Waals surface area contributed by atoms with E-state index in [0.29, 0.717) is 36.8 Å². The van der Waals surface area contributed by atoms with Crippen molar-refractivity contribution in [1.29, 1.82) is 5.26 Å². The zero-order valence-corrected chi connectivity index (χ0v) is 21.0. The summed E-state index contributed by atoms with van der Waals surface area (Å²) in [7, 11) is 3.35. The van der Waals surface area contributed by atoms with Gasteiger partial charge in [-0.2, -0.15) is 10.4 Å². The minimum atomic E-state index is -0.489. The Balaban J connectivity index is 1.34. The number of aryl methyl sites for hydroxylation is 1. The SMILES string of the molecule is COc1ccc([C@@H](NC(=O)N2CCc3cnc(NC4CCOCC4)nc3C2)c2cnn(C)c2)cc1C#N. The summed E-state index contributed by atoms with van der Waals surface area (Å²) >= 11 is 0. The number of aromatic nitrogens is 4. The molecule has 2 aliphatic heterocycles. The molecule has 4 heterocycles. The van der Waals surface area contributed by atoms with Crippen molar-refractivity contribution < 1.29 is 14.3 Å². The van der Waals surface area contributed by atoms with E-state index in [2.05, 4.69) is 26.8 Å². The molecule has 2 N–H and O–H groups in total. The van der Waals surface area contributed by atoms with Crippen LogP contribution in [0.15, 0.2) is 36.8 Å². The Bertz CT molecular complexity index is 1310. The molecule has 0 radical (unpaired) electrons. The third kappa shape index (κ3) is 5.49. The third-order valence-corrected chi connectivity index (χ3v) is 6.79. The van der Waals surface area contributed by atoms with Crippen LogP contribution in [0.5, 0.6) is 5.75 Å². The van der Waals surface area contributed by atoms with Gasteiger partial charge >= 0.3 is 6.03 Å². The number of nitrogens with zero attached hydrogens (tertiary/aromatic N) is 6. The molecule has 11 heteroatoms. The molecule has 1 atom stereocenters. The number of anilines is 1. The molecule has 0 spiro atoms. The van der Waals surface area contributed by atoms with E-state index in [-0.39, 0.29) is 12.1 Å². The van der Waals surface area contributed by atoms with Gasteiger partial charge in [-0.05, 0) is 42.5 Å². The van der Waals surface area contributed by atoms with Crippen molar-refractivity contribution in [3.63, 3.8) is 0 Å². The van der Waals surface area contributed by atoms with Gasteiger partial charge in [0.25, 0.3) is 0 Å². The van der Waals surface area contributed by atoms with Crippen molar-refractivity contribution in [1.82, 2.24) is 30.0 Å². The van der Waals surface area contributed by atoms with Crippen LogP contribution in [0.2, 0.25) is 0 Å². The van der Waals surface area contributed by atoms with Crippen LogP contribution in [0, 0.1) is 11.3 Å². The lowest BCUT2D eigenvalue weighted by Crippen LogP contribution is -2.44. The molecule has 5 rings (SSSR count). The van der Waals surface area contributed by atoms with Crippen LogP contribution in [0.1, 0.15) is 46.8 Å². The number of benzene rings is 1. The third-order valence-electron chi connectivity index (χ3n) is 6.79. The second-order valence-electron chi connectivity index (χ2n) is 9.27. The molecule has 0 bridgehead atoms. The number of rotatable bonds is 6. The molecule has 0 unspecified atom stereocenters. The normalized spacial score (nSPS) is 16.4. The monoisotopic (exact) mass is 502 g/mol. The molecular weight excluding hydrogens is 472 g/mol. The summed E-state index contributed by atoms with van der Waals surface area (Å²) < 4.78 is 12.4. The number of ether oxygens (including phenoxy) is 2. The van der Waals surface area contributed by atoms with Crippen LogP contribution in [0.25, 0.3) is 0 Å². The van der Waals surface area contributed by atoms with Gasteiger partial charge in [0.05, 0.1) is 37.2 Å². The maximum atomic E-state index is 13.5. The maximum Gasteiger partial charge on any atom is 0.318 e. The second-order valence-corrected chi connectivity index (χ2v) is 9.27. The number of hydrogen-bond donors (Lipinski definition) is 2. The van der Waals surface area contributed by atoms with Gasteiger partial charge < -0.3 is 25.0 Å². The average molecular weight is 503 g/mol. The van der Waals surface area contributed by atoms with Gasteiger partial charge in [0, 0.05) is 50.8 Å². The van der Waals surface area contributed by atoms with Crippen molar-refractivity contribution in [2.45, 2.75) is 37.9 Å². The van der Waals surface area contributed by atoms with E-state index in [1.165, 1.54) is 7.11 Å². The summed E-state index contributed by atoms with van der Waals surface area (Å²) in [6.07, 6.45) is 7.95. The lowest BCUT2D eigenvalue weighted by Gasteiger charge is -2.30. The first-order chi connectivity index (χ1) is 18.0. The summed E-state index contributed by atoms with van der Waals surface area (Å²) in [5.41, 5.74) is 3.88. The number of urea groups is 1. The highest BCUT2D eigenvalue weighted by Gasteiger charge is 2.27. The number of nitriles is 1. The first-order valence-corrected chi connectivity index (χ1v) is 12.3. The molecule has 1 aromatic carbocycles. The van der Waals surface area contributed by atoms with Gasteiger partial charge in [-0.1, -0.05) is 6.07 Å². The standard InChI is InChI=1S/C26H30N8O3/c1-33-15-20(14-29-33)24(17-3-4-23(36-2)19(11-17)12-27)32-26(35)34-8-5-18-13-28-25(31-22(18)16-34)30-21-6-9-37-10-7-21/h3-4,11,13-15,21,24H,5-10,16H2,1-2H3,(H,32,35)(H,28,30,31)/t24-/m1/s1. The number of methoxy groups -OCH3 is 1. The highest BCUT2D eigenvalue weighted by atomic mass is 16.5. The van der Waals surface area contributed by atoms with E-state index in [1.54, 1.807) is 27.9 Å². The quantitative estimate of drug-likeness (QED) is 0.526. The topological polar surface area (TPSA) is 130 Å². The van der Waals surface area contributed by atoms with E-state index in [9.17, 15) is 10.1 Å². The van der Waals surface area contributed by atoms with Gasteiger partial charge in [-0.15, -0.1) is 0 Å². The van der Waals surface area contributed by atoms with Gasteiger partial charge in [0.1, 0.15) is 11.8 Å². The lowest BCUT2D eigenvalue weighted by atomic mass is 9.99. The summed E-state index contributed by atoms with van der Waals surface area (Å²) in [4.78, 5) is 24.5. The minimum absolute atomic E-state index is 0.216. The van der Waals surface area contributed by atoms with E-state index in [4.69, 9.17) is 14.5 Å². The predicted octanol–water partition coefficient (Wildman–Crippen LogP) is 2.54. The molecule has 2 aliphatic rings. The number of nitrogens with one attached hydrogen (secondary N) is 2. The maximum absolute atomic E-state index is 13.5. The predicted molar refractivity (Wildman–Crippen MR) is 135 cm³/mol. The molecule has 37 heavy (non-hydrogen) atoms. The average Bonchev–Trinajstić information content (AvgIpc) is 3.37. The first-order valence-electron chi connectivity index (χ1n) is 12.3. The van der Waals surface area contributed by atoms with Gasteiger partial charge in [0.15, 0.2) is 0 Å². The molecule has 192 valence electrons. The first kappa shape index (κ1) is 24.5. The summed E-state index contributed by atoms with van der Waals surface area (Å²) in [6, 6.07) is 7.08. The Hall–Kier alpha value is -4.17. The van der Waals surface area contributed by atoms with E-state index in [1.807, 2.05) is 25.5 Å². The molecule has 1 saturated heterocycles. The smallest absolute Gasteiger partial charge is 0.318 e. The Morgan fingerprint density at radius 2 is 2.11 bits per heavy atom. The van der Waals surface area contributed by atoms with Crippen LogP contribution in [-0.4, -0.2) is 63.6 Å². The van der Waals surface area contributed by atoms with Crippen LogP contribution >= 0.6 is 0 Å². The fourth-order valence-electron chi connectivity index (χ4n) is 4.73. The van der Waals surface area contributed by atoms with Crippen LogP contribution < -0.4 is 15.4 Å². The summed E-state index contributed by atoms with van der Waals surface area (Å²) in [5, 5.41) is 20.4. The molecule has 1 fully saturated rings. The van der Waals surface area contributed by atoms with Crippen LogP contribution in [0.3, 0.4) is 0 Å². The zero-order valence-electron chi connectivity index (χ0n) is 21.0. The van der Waals surface area contributed by atoms with Crippen LogP contribution in [-0.2, 0) is 24.8 Å². The largest absolute Gasteiger partial charge is 0.495 e. The summed E-state index contributed by atoms with van der Waals surface area (Å²) in [6.45, 7) is 2.41. The Morgan fingerprint density at radius 1 is 1.27 bits per heavy atom. The minimum Gasteiger partial charge on any atom is -0.495 e. The lowest BCUT2D eigenvalue weighted by molar-refractivity contribution is 0.0903. The molecule has 3 aromatic rings. The zero-order chi connectivity index (χ0) is 25.8. The fourth-order valence-corrected chi connectivity index (χ4v) is 4.73. The number of carbonyl (C=O) groups excluding carboxylic acids is 1. The van der Waals surface area contributed by atoms with E-state index in [0.717, 1.165) is 48.4 Å². The highest BCUT2D eigenvalue weighted by molar-refractivity contribution is 5.75. The van der Waals surface area contributed by atoms with Gasteiger partial charge in [0.2, 0.25) is 5.95 Å². The molecule has 0 saturated carbocycles. The Morgan fingerprint density at radius 3 is 2.84 bits per heavy atom. The Kier molecular flexibility index (Phi) is 7.18. The second kappa shape index (κ2) is 10.8. The van der Waals surface area contributed by atoms with Crippen molar-refractivity contribution in [2.75, 3.05) is 32.2 Å². The molecule has 2 amide bonds. The fraction of sp³-hybridized carbons (Fsp3) is 0.423. The van der Waals surface area contributed by atoms with Gasteiger partial charge in [-0.3, -0.25) is 4.68 Å². The van der Waals surface area contributed by atoms with Crippen molar-refractivity contribution in [3.8, 4) is 11.8 Å². The molecule has 11 nitrogen and oxygen atoms in total. The molecule has 0 aliphatic carbocycles. The summed E-state index contributed by atoms with van der Waals surface area (Å²) in [5.74, 6) is 1.07. The van der Waals surface area contributed by atoms with Crippen molar-refractivity contribution in [3.05, 3.63) is 64.7 Å². The Labute approximate surface area is 215 Å². The number of fused-ring (bicyclic) bond motifs is 1. The number of hydrogen-bond acceptors (Lipinski definition) is 8. The molecular formula is C26H30N8O3. The van der Waals surface area contributed by atoms with Crippen molar-refractivity contribution in [2.24, 2.45) is 7.05 Å². The van der Waals surface area contributed by atoms with E-state index < -0.39 is 6.04 Å². The molecule has 2 aromatic heterocycles. The highest BCUT2D eigenvalue weighted by Crippen LogP contribution is 2.28. The number of carbonyl (C=O) groups is 1.